The Bertz CT molecular complexity index is 1220. The summed E-state index contributed by atoms with van der Waals surface area (Å²) in [5.41, 5.74) is 6.55. The van der Waals surface area contributed by atoms with Crippen LogP contribution < -0.4 is 25.8 Å². The molecule has 0 fully saturated rings. The highest BCUT2D eigenvalue weighted by Crippen LogP contribution is 2.34. The highest BCUT2D eigenvalue weighted by Gasteiger charge is 2.37. The van der Waals surface area contributed by atoms with Gasteiger partial charge >= 0.3 is 6.18 Å². The average molecular weight is 471 g/mol. The van der Waals surface area contributed by atoms with Crippen molar-refractivity contribution in [2.45, 2.75) is 24.8 Å². The molecule has 0 aliphatic carbocycles. The topological polar surface area (TPSA) is 93.8 Å². The van der Waals surface area contributed by atoms with Gasteiger partial charge < -0.3 is 25.8 Å². The number of nitrogens with two attached hydrogens (primary N) is 1. The van der Waals surface area contributed by atoms with Gasteiger partial charge in [0, 0.05) is 18.2 Å². The van der Waals surface area contributed by atoms with Gasteiger partial charge in [-0.25, -0.2) is 9.98 Å². The van der Waals surface area contributed by atoms with E-state index in [9.17, 15) is 13.2 Å². The number of aromatic nitrogens is 1. The van der Waals surface area contributed by atoms with Crippen LogP contribution in [0.15, 0.2) is 65.8 Å². The molecular formula is C24H24F3N5O2. The maximum Gasteiger partial charge on any atom is 0.416 e. The number of nitrogens with zero attached hydrogens (tertiary/aromatic N) is 2. The van der Waals surface area contributed by atoms with Crippen molar-refractivity contribution < 1.29 is 22.6 Å². The number of halogens is 3. The molecule has 1 aliphatic rings. The summed E-state index contributed by atoms with van der Waals surface area (Å²) in [5.74, 6) is 1.85. The molecule has 0 saturated carbocycles. The molecule has 10 heteroatoms. The number of anilines is 1. The maximum atomic E-state index is 13.4. The molecule has 4 rings (SSSR count). The Morgan fingerprint density at radius 2 is 1.79 bits per heavy atom. The third-order valence-corrected chi connectivity index (χ3v) is 5.53. The number of aliphatic imine (C=N–C) groups is 1. The minimum absolute atomic E-state index is 0.0560. The van der Waals surface area contributed by atoms with Crippen LogP contribution in [0.2, 0.25) is 0 Å². The van der Waals surface area contributed by atoms with Crippen molar-refractivity contribution in [2.24, 2.45) is 10.7 Å². The maximum absolute atomic E-state index is 13.4. The molecule has 3 aromatic rings. The van der Waals surface area contributed by atoms with Crippen molar-refractivity contribution in [3.63, 3.8) is 0 Å². The van der Waals surface area contributed by atoms with Crippen molar-refractivity contribution in [1.29, 1.82) is 0 Å². The zero-order valence-corrected chi connectivity index (χ0v) is 18.6. The molecule has 7 nitrogen and oxygen atoms in total. The molecule has 0 radical (unpaired) electrons. The monoisotopic (exact) mass is 471 g/mol. The van der Waals surface area contributed by atoms with Crippen molar-refractivity contribution in [3.05, 3.63) is 83.0 Å². The van der Waals surface area contributed by atoms with Crippen molar-refractivity contribution in [1.82, 2.24) is 10.3 Å². The molecule has 178 valence electrons. The quantitative estimate of drug-likeness (QED) is 0.503. The van der Waals surface area contributed by atoms with Crippen LogP contribution in [0, 0.1) is 0 Å². The lowest BCUT2D eigenvalue weighted by molar-refractivity contribution is -0.138. The predicted octanol–water partition coefficient (Wildman–Crippen LogP) is 4.04. The minimum atomic E-state index is -4.47. The van der Waals surface area contributed by atoms with Gasteiger partial charge in [0.1, 0.15) is 11.5 Å². The van der Waals surface area contributed by atoms with E-state index in [2.05, 4.69) is 20.6 Å². The number of fused-ring (bicyclic) bond motifs is 1. The standard InChI is InChI=1S/C24H24F3N5O2/c1-33-19-10-9-15(12-20(19)34-2)13-23(28)18-8-5-11-29-21(18)31-22(32-23)30-14-16-6-3-4-7-17(16)24(25,26)27/h3-12H,13-14,28H2,1-2H3,(H2,29,30,31,32). The fraction of sp³-hybridized carbons (Fsp3) is 0.250. The predicted molar refractivity (Wildman–Crippen MR) is 123 cm³/mol. The number of hydrogen-bond acceptors (Lipinski definition) is 5. The van der Waals surface area contributed by atoms with Crippen LogP contribution in [-0.4, -0.2) is 25.2 Å². The van der Waals surface area contributed by atoms with Gasteiger partial charge in [-0.05, 0) is 35.4 Å². The molecule has 1 atom stereocenters. The van der Waals surface area contributed by atoms with E-state index in [1.165, 1.54) is 12.1 Å². The Morgan fingerprint density at radius 1 is 1.03 bits per heavy atom. The van der Waals surface area contributed by atoms with E-state index in [1.54, 1.807) is 38.6 Å². The van der Waals surface area contributed by atoms with Crippen LogP contribution in [0.4, 0.5) is 19.0 Å². The van der Waals surface area contributed by atoms with Crippen LogP contribution in [0.1, 0.15) is 22.3 Å². The largest absolute Gasteiger partial charge is 0.493 e. The SMILES string of the molecule is COc1ccc(CC2(N)NC(=NCc3ccccc3C(F)(F)F)Nc3ncccc32)cc1OC. The number of guanidine groups is 1. The first-order valence-corrected chi connectivity index (χ1v) is 10.4. The fourth-order valence-corrected chi connectivity index (χ4v) is 3.92. The number of methoxy groups -OCH3 is 2. The summed E-state index contributed by atoms with van der Waals surface area (Å²) in [6, 6.07) is 14.4. The van der Waals surface area contributed by atoms with Gasteiger partial charge in [-0.15, -0.1) is 0 Å². The van der Waals surface area contributed by atoms with Gasteiger partial charge in [0.2, 0.25) is 0 Å². The summed E-state index contributed by atoms with van der Waals surface area (Å²) in [7, 11) is 3.10. The Morgan fingerprint density at radius 3 is 2.53 bits per heavy atom. The average Bonchev–Trinajstić information content (AvgIpc) is 2.82. The summed E-state index contributed by atoms with van der Waals surface area (Å²) in [4.78, 5) is 8.70. The lowest BCUT2D eigenvalue weighted by Gasteiger charge is -2.38. The van der Waals surface area contributed by atoms with E-state index in [4.69, 9.17) is 15.2 Å². The fourth-order valence-electron chi connectivity index (χ4n) is 3.92. The Hall–Kier alpha value is -3.79. The number of nitrogens with one attached hydrogen (secondary N) is 2. The van der Waals surface area contributed by atoms with Gasteiger partial charge in [0.15, 0.2) is 17.5 Å². The zero-order valence-electron chi connectivity index (χ0n) is 18.6. The Balaban J connectivity index is 1.66. The second-order valence-electron chi connectivity index (χ2n) is 7.81. The van der Waals surface area contributed by atoms with E-state index in [-0.39, 0.29) is 18.1 Å². The molecule has 2 heterocycles. The smallest absolute Gasteiger partial charge is 0.416 e. The molecule has 0 saturated heterocycles. The summed E-state index contributed by atoms with van der Waals surface area (Å²) in [6.45, 7) is -0.195. The third-order valence-electron chi connectivity index (χ3n) is 5.53. The number of hydrogen-bond donors (Lipinski definition) is 3. The normalized spacial score (nSPS) is 18.6. The lowest BCUT2D eigenvalue weighted by Crippen LogP contribution is -2.59. The Kier molecular flexibility index (Phi) is 6.34. The second-order valence-corrected chi connectivity index (χ2v) is 7.81. The number of benzene rings is 2. The van der Waals surface area contributed by atoms with Crippen LogP contribution in [0.5, 0.6) is 11.5 Å². The molecular weight excluding hydrogens is 447 g/mol. The van der Waals surface area contributed by atoms with E-state index < -0.39 is 17.4 Å². The number of pyridine rings is 1. The zero-order chi connectivity index (χ0) is 24.3. The Labute approximate surface area is 194 Å². The van der Waals surface area contributed by atoms with Crippen molar-refractivity contribution >= 4 is 11.8 Å². The number of alkyl halides is 3. The molecule has 4 N–H and O–H groups in total. The van der Waals surface area contributed by atoms with Crippen LogP contribution in [0.3, 0.4) is 0 Å². The van der Waals surface area contributed by atoms with E-state index in [0.29, 0.717) is 29.3 Å². The van der Waals surface area contributed by atoms with Crippen molar-refractivity contribution in [3.8, 4) is 11.5 Å². The molecule has 2 aromatic carbocycles. The number of rotatable bonds is 6. The molecule has 1 aliphatic heterocycles. The van der Waals surface area contributed by atoms with E-state index in [1.807, 2.05) is 18.2 Å². The highest BCUT2D eigenvalue weighted by atomic mass is 19.4. The minimum Gasteiger partial charge on any atom is -0.493 e. The summed E-state index contributed by atoms with van der Waals surface area (Å²) in [6.07, 6.45) is -2.54. The van der Waals surface area contributed by atoms with Gasteiger partial charge in [0.05, 0.1) is 26.3 Å². The molecule has 0 spiro atoms. The first-order valence-electron chi connectivity index (χ1n) is 10.4. The third kappa shape index (κ3) is 4.76. The van der Waals surface area contributed by atoms with Crippen LogP contribution in [-0.2, 0) is 24.8 Å². The molecule has 0 amide bonds. The molecule has 1 unspecified atom stereocenters. The van der Waals surface area contributed by atoms with Crippen molar-refractivity contribution in [2.75, 3.05) is 19.5 Å². The van der Waals surface area contributed by atoms with Crippen LogP contribution >= 0.6 is 0 Å². The van der Waals surface area contributed by atoms with Gasteiger partial charge in [-0.1, -0.05) is 30.3 Å². The van der Waals surface area contributed by atoms with Gasteiger partial charge in [-0.2, -0.15) is 13.2 Å². The first-order chi connectivity index (χ1) is 16.2. The van der Waals surface area contributed by atoms with Gasteiger partial charge in [0.25, 0.3) is 0 Å². The second kappa shape index (κ2) is 9.22. The summed E-state index contributed by atoms with van der Waals surface area (Å²) < 4.78 is 50.8. The highest BCUT2D eigenvalue weighted by molar-refractivity contribution is 5.96. The van der Waals surface area contributed by atoms with Crippen LogP contribution in [0.25, 0.3) is 0 Å². The van der Waals surface area contributed by atoms with E-state index >= 15 is 0 Å². The summed E-state index contributed by atoms with van der Waals surface area (Å²) >= 11 is 0. The molecule has 34 heavy (non-hydrogen) atoms. The molecule has 0 bridgehead atoms. The van der Waals surface area contributed by atoms with E-state index in [0.717, 1.165) is 11.6 Å². The molecule has 1 aromatic heterocycles. The summed E-state index contributed by atoms with van der Waals surface area (Å²) in [5, 5.41) is 6.18. The lowest BCUT2D eigenvalue weighted by atomic mass is 9.91. The first kappa shape index (κ1) is 23.4. The number of ether oxygens (including phenoxy) is 2. The van der Waals surface area contributed by atoms with Gasteiger partial charge in [-0.3, -0.25) is 0 Å².